The van der Waals surface area contributed by atoms with Crippen molar-refractivity contribution in [2.75, 3.05) is 7.11 Å². The number of nitrogens with one attached hydrogen (secondary N) is 2. The number of hydrogen-bond acceptors (Lipinski definition) is 5. The third kappa shape index (κ3) is 6.38. The summed E-state index contributed by atoms with van der Waals surface area (Å²) >= 11 is 0. The number of methoxy groups -OCH3 is 1. The first-order valence-electron chi connectivity index (χ1n) is 9.64. The molecule has 31 heavy (non-hydrogen) atoms. The summed E-state index contributed by atoms with van der Waals surface area (Å²) in [7, 11) is -2.59. The number of hydrogen-bond donors (Lipinski definition) is 2. The van der Waals surface area contributed by atoms with E-state index in [2.05, 4.69) is 14.8 Å². The van der Waals surface area contributed by atoms with Crippen LogP contribution in [0.2, 0.25) is 0 Å². The van der Waals surface area contributed by atoms with E-state index < -0.39 is 28.6 Å². The number of ether oxygens (including phenoxy) is 2. The lowest BCUT2D eigenvalue weighted by molar-refractivity contribution is -0.0506. The first-order valence-corrected chi connectivity index (χ1v) is 11.1. The molecule has 0 saturated carbocycles. The second-order valence-electron chi connectivity index (χ2n) is 6.99. The first kappa shape index (κ1) is 24.5. The van der Waals surface area contributed by atoms with Gasteiger partial charge in [-0.2, -0.15) is 8.78 Å². The van der Waals surface area contributed by atoms with E-state index in [4.69, 9.17) is 4.74 Å². The van der Waals surface area contributed by atoms with E-state index in [1.165, 1.54) is 31.4 Å². The molecule has 0 heterocycles. The fraction of sp³-hybridized carbons (Fsp3) is 0.381. The molecule has 2 rings (SSSR count). The van der Waals surface area contributed by atoms with Crippen molar-refractivity contribution in [1.29, 1.82) is 0 Å². The van der Waals surface area contributed by atoms with Crippen LogP contribution >= 0.6 is 0 Å². The molecular formula is C21H26F2N2O5S. The molecule has 2 aromatic carbocycles. The number of amides is 1. The Balaban J connectivity index is 2.36. The second kappa shape index (κ2) is 10.5. The predicted molar refractivity (Wildman–Crippen MR) is 112 cm³/mol. The highest BCUT2D eigenvalue weighted by molar-refractivity contribution is 7.89. The Morgan fingerprint density at radius 3 is 2.35 bits per heavy atom. The molecule has 1 unspecified atom stereocenters. The molecule has 0 saturated heterocycles. The highest BCUT2D eigenvalue weighted by Crippen LogP contribution is 2.30. The van der Waals surface area contributed by atoms with Crippen LogP contribution in [0.5, 0.6) is 11.5 Å². The third-order valence-electron chi connectivity index (χ3n) is 4.33. The monoisotopic (exact) mass is 456 g/mol. The minimum atomic E-state index is -3.92. The van der Waals surface area contributed by atoms with E-state index in [1.54, 1.807) is 39.0 Å². The zero-order chi connectivity index (χ0) is 23.2. The van der Waals surface area contributed by atoms with Crippen molar-refractivity contribution in [3.8, 4) is 11.5 Å². The van der Waals surface area contributed by atoms with Crippen molar-refractivity contribution < 1.29 is 31.5 Å². The lowest BCUT2D eigenvalue weighted by Gasteiger charge is -2.21. The standard InChI is InChI=1S/C21H26F2N2O5S/c1-5-16(15-8-6-7-9-17(15)30-21(22)23)24-20(26)14-10-11-18(29-4)19(12-14)31(27,28)25-13(2)3/h6-13,16,21,25H,5H2,1-4H3,(H,24,26). The molecule has 170 valence electrons. The van der Waals surface area contributed by atoms with Crippen LogP contribution in [0.25, 0.3) is 0 Å². The largest absolute Gasteiger partial charge is 0.495 e. The van der Waals surface area contributed by atoms with Gasteiger partial charge >= 0.3 is 6.61 Å². The van der Waals surface area contributed by atoms with Gasteiger partial charge in [0.25, 0.3) is 5.91 Å². The van der Waals surface area contributed by atoms with Gasteiger partial charge in [0.15, 0.2) is 0 Å². The van der Waals surface area contributed by atoms with Crippen LogP contribution in [0, 0.1) is 0 Å². The molecule has 0 aliphatic rings. The maximum Gasteiger partial charge on any atom is 0.387 e. The van der Waals surface area contributed by atoms with E-state index in [1.807, 2.05) is 0 Å². The summed E-state index contributed by atoms with van der Waals surface area (Å²) in [5.41, 5.74) is 0.470. The van der Waals surface area contributed by atoms with Gasteiger partial charge in [0, 0.05) is 17.2 Å². The summed E-state index contributed by atoms with van der Waals surface area (Å²) in [5, 5.41) is 2.75. The Morgan fingerprint density at radius 1 is 1.10 bits per heavy atom. The zero-order valence-corrected chi connectivity index (χ0v) is 18.5. The van der Waals surface area contributed by atoms with Crippen molar-refractivity contribution >= 4 is 15.9 Å². The maximum absolute atomic E-state index is 12.9. The lowest BCUT2D eigenvalue weighted by atomic mass is 10.0. The summed E-state index contributed by atoms with van der Waals surface area (Å²) in [6.45, 7) is 2.12. The average molecular weight is 457 g/mol. The minimum absolute atomic E-state index is 0.0382. The van der Waals surface area contributed by atoms with Gasteiger partial charge in [0.2, 0.25) is 10.0 Å². The van der Waals surface area contributed by atoms with Gasteiger partial charge in [0.05, 0.1) is 13.2 Å². The van der Waals surface area contributed by atoms with Crippen LogP contribution < -0.4 is 19.5 Å². The molecule has 10 heteroatoms. The molecule has 0 fully saturated rings. The number of alkyl halides is 2. The van der Waals surface area contributed by atoms with Gasteiger partial charge in [-0.05, 0) is 44.5 Å². The van der Waals surface area contributed by atoms with Crippen molar-refractivity contribution in [1.82, 2.24) is 10.0 Å². The molecule has 0 bridgehead atoms. The number of benzene rings is 2. The molecule has 2 aromatic rings. The smallest absolute Gasteiger partial charge is 0.387 e. The average Bonchev–Trinajstić information content (AvgIpc) is 2.70. The van der Waals surface area contributed by atoms with Crippen LogP contribution in [0.4, 0.5) is 8.78 Å². The number of carbonyl (C=O) groups is 1. The number of sulfonamides is 1. The Labute approximate surface area is 180 Å². The SMILES string of the molecule is CCC(NC(=O)c1ccc(OC)c(S(=O)(=O)NC(C)C)c1)c1ccccc1OC(F)F. The second-order valence-corrected chi connectivity index (χ2v) is 8.67. The molecule has 1 atom stereocenters. The number of para-hydroxylation sites is 1. The number of carbonyl (C=O) groups excluding carboxylic acids is 1. The third-order valence-corrected chi connectivity index (χ3v) is 6.01. The topological polar surface area (TPSA) is 93.7 Å². The van der Waals surface area contributed by atoms with Crippen LogP contribution in [0.3, 0.4) is 0 Å². The van der Waals surface area contributed by atoms with Crippen molar-refractivity contribution in [2.45, 2.75) is 50.8 Å². The van der Waals surface area contributed by atoms with E-state index in [0.29, 0.717) is 12.0 Å². The summed E-state index contributed by atoms with van der Waals surface area (Å²) in [4.78, 5) is 12.7. The Bertz CT molecular complexity index is 1010. The van der Waals surface area contributed by atoms with Crippen LogP contribution in [0.1, 0.15) is 49.2 Å². The van der Waals surface area contributed by atoms with Gasteiger partial charge in [-0.15, -0.1) is 0 Å². The quantitative estimate of drug-likeness (QED) is 0.566. The fourth-order valence-electron chi connectivity index (χ4n) is 3.01. The van der Waals surface area contributed by atoms with E-state index in [0.717, 1.165) is 0 Å². The summed E-state index contributed by atoms with van der Waals surface area (Å²) in [6, 6.07) is 9.23. The summed E-state index contributed by atoms with van der Waals surface area (Å²) in [5.74, 6) is -0.515. The molecule has 7 nitrogen and oxygen atoms in total. The van der Waals surface area contributed by atoms with Gasteiger partial charge in [-0.1, -0.05) is 25.1 Å². The molecule has 2 N–H and O–H groups in total. The Hall–Kier alpha value is -2.72. The Morgan fingerprint density at radius 2 is 1.77 bits per heavy atom. The van der Waals surface area contributed by atoms with Crippen molar-refractivity contribution in [3.05, 3.63) is 53.6 Å². The molecule has 0 spiro atoms. The highest BCUT2D eigenvalue weighted by Gasteiger charge is 2.24. The molecule has 0 aromatic heterocycles. The van der Waals surface area contributed by atoms with Gasteiger partial charge < -0.3 is 14.8 Å². The van der Waals surface area contributed by atoms with Gasteiger partial charge in [-0.3, -0.25) is 4.79 Å². The lowest BCUT2D eigenvalue weighted by Crippen LogP contribution is -2.31. The van der Waals surface area contributed by atoms with Crippen molar-refractivity contribution in [2.24, 2.45) is 0 Å². The molecule has 1 amide bonds. The molecule has 0 radical (unpaired) electrons. The van der Waals surface area contributed by atoms with Crippen LogP contribution in [0.15, 0.2) is 47.4 Å². The highest BCUT2D eigenvalue weighted by atomic mass is 32.2. The maximum atomic E-state index is 12.9. The van der Waals surface area contributed by atoms with Crippen molar-refractivity contribution in [3.63, 3.8) is 0 Å². The van der Waals surface area contributed by atoms with Crippen LogP contribution in [-0.4, -0.2) is 34.1 Å². The number of rotatable bonds is 10. The van der Waals surface area contributed by atoms with E-state index in [-0.39, 0.29) is 28.0 Å². The number of halogens is 2. The minimum Gasteiger partial charge on any atom is -0.495 e. The fourth-order valence-corrected chi connectivity index (χ4v) is 4.46. The normalized spacial score (nSPS) is 12.6. The Kier molecular flexibility index (Phi) is 8.35. The molecular weight excluding hydrogens is 430 g/mol. The van der Waals surface area contributed by atoms with Gasteiger partial charge in [0.1, 0.15) is 16.4 Å². The first-order chi connectivity index (χ1) is 14.6. The summed E-state index contributed by atoms with van der Waals surface area (Å²) < 4.78 is 62.9. The summed E-state index contributed by atoms with van der Waals surface area (Å²) in [6.07, 6.45) is 0.394. The zero-order valence-electron chi connectivity index (χ0n) is 17.7. The molecule has 0 aliphatic heterocycles. The van der Waals surface area contributed by atoms with Crippen LogP contribution in [-0.2, 0) is 10.0 Å². The van der Waals surface area contributed by atoms with Gasteiger partial charge in [-0.25, -0.2) is 13.1 Å². The van der Waals surface area contributed by atoms with E-state index in [9.17, 15) is 22.0 Å². The van der Waals surface area contributed by atoms with E-state index >= 15 is 0 Å². The molecule has 0 aliphatic carbocycles. The predicted octanol–water partition coefficient (Wildman–Crippen LogP) is 3.86.